The van der Waals surface area contributed by atoms with Crippen LogP contribution >= 0.6 is 0 Å². The fourth-order valence-corrected chi connectivity index (χ4v) is 3.09. The SMILES string of the molecule is CC.CCC(=O)CCCCN1CCC(n2cc(C(C)C)cn2)CC1. The minimum atomic E-state index is 0.401. The molecule has 0 radical (unpaired) electrons. The number of likely N-dealkylation sites (tertiary alicyclic amines) is 1. The van der Waals surface area contributed by atoms with E-state index in [9.17, 15) is 4.79 Å². The lowest BCUT2D eigenvalue weighted by molar-refractivity contribution is -0.118. The maximum absolute atomic E-state index is 11.3. The van der Waals surface area contributed by atoms with Crippen LogP contribution in [0, 0.1) is 0 Å². The van der Waals surface area contributed by atoms with Crippen LogP contribution in [-0.4, -0.2) is 40.1 Å². The van der Waals surface area contributed by atoms with Crippen molar-refractivity contribution in [3.05, 3.63) is 18.0 Å². The molecule has 2 rings (SSSR count). The van der Waals surface area contributed by atoms with Crippen LogP contribution in [0.5, 0.6) is 0 Å². The molecule has 1 aromatic rings. The third kappa shape index (κ3) is 6.76. The lowest BCUT2D eigenvalue weighted by atomic mass is 10.0. The van der Waals surface area contributed by atoms with E-state index in [2.05, 4.69) is 34.7 Å². The topological polar surface area (TPSA) is 38.1 Å². The molecule has 1 fully saturated rings. The van der Waals surface area contributed by atoms with Gasteiger partial charge in [-0.25, -0.2) is 0 Å². The molecule has 2 heterocycles. The van der Waals surface area contributed by atoms with Gasteiger partial charge in [0.1, 0.15) is 5.78 Å². The monoisotopic (exact) mass is 335 g/mol. The highest BCUT2D eigenvalue weighted by Crippen LogP contribution is 2.24. The Morgan fingerprint density at radius 3 is 2.46 bits per heavy atom. The molecule has 0 unspecified atom stereocenters. The van der Waals surface area contributed by atoms with Crippen molar-refractivity contribution in [2.75, 3.05) is 19.6 Å². The summed E-state index contributed by atoms with van der Waals surface area (Å²) >= 11 is 0. The Hall–Kier alpha value is -1.16. The molecule has 24 heavy (non-hydrogen) atoms. The highest BCUT2D eigenvalue weighted by atomic mass is 16.1. The number of piperidine rings is 1. The van der Waals surface area contributed by atoms with Crippen LogP contribution in [0.1, 0.15) is 90.7 Å². The molecule has 0 aromatic carbocycles. The standard InChI is InChI=1S/C18H31N3O.C2H6/c1-4-18(22)7-5-6-10-20-11-8-17(9-12-20)21-14-16(13-19-21)15(2)3;1-2/h13-15,17H,4-12H2,1-3H3;1-2H3. The molecule has 1 aromatic heterocycles. The minimum absolute atomic E-state index is 0.401. The van der Waals surface area contributed by atoms with Crippen LogP contribution in [0.2, 0.25) is 0 Å². The zero-order valence-electron chi connectivity index (χ0n) is 16.4. The van der Waals surface area contributed by atoms with E-state index in [4.69, 9.17) is 0 Å². The quantitative estimate of drug-likeness (QED) is 0.639. The summed E-state index contributed by atoms with van der Waals surface area (Å²) in [5.41, 5.74) is 1.34. The number of hydrogen-bond acceptors (Lipinski definition) is 3. The van der Waals surface area contributed by atoms with Crippen LogP contribution in [0.3, 0.4) is 0 Å². The van der Waals surface area contributed by atoms with Gasteiger partial charge >= 0.3 is 0 Å². The summed E-state index contributed by atoms with van der Waals surface area (Å²) in [6.07, 6.45) is 10.3. The number of ketones is 1. The molecule has 4 nitrogen and oxygen atoms in total. The maximum Gasteiger partial charge on any atom is 0.132 e. The van der Waals surface area contributed by atoms with E-state index in [1.807, 2.05) is 27.0 Å². The van der Waals surface area contributed by atoms with Crippen molar-refractivity contribution >= 4 is 5.78 Å². The zero-order valence-corrected chi connectivity index (χ0v) is 16.4. The van der Waals surface area contributed by atoms with Gasteiger partial charge in [0.25, 0.3) is 0 Å². The third-order valence-corrected chi connectivity index (χ3v) is 4.79. The van der Waals surface area contributed by atoms with Crippen molar-refractivity contribution in [2.45, 2.75) is 85.1 Å². The van der Waals surface area contributed by atoms with Crippen LogP contribution in [0.25, 0.3) is 0 Å². The van der Waals surface area contributed by atoms with Gasteiger partial charge in [0.15, 0.2) is 0 Å². The van der Waals surface area contributed by atoms with Crippen LogP contribution < -0.4 is 0 Å². The fraction of sp³-hybridized carbons (Fsp3) is 0.800. The first-order valence-electron chi connectivity index (χ1n) is 9.88. The van der Waals surface area contributed by atoms with Crippen molar-refractivity contribution in [1.82, 2.24) is 14.7 Å². The molecule has 0 bridgehead atoms. The second-order valence-electron chi connectivity index (χ2n) is 6.83. The third-order valence-electron chi connectivity index (χ3n) is 4.79. The normalized spacial score (nSPS) is 16.1. The van der Waals surface area contributed by atoms with Gasteiger partial charge in [-0.2, -0.15) is 5.10 Å². The molecule has 1 aliphatic rings. The second kappa shape index (κ2) is 11.4. The van der Waals surface area contributed by atoms with Gasteiger partial charge in [-0.05, 0) is 43.7 Å². The van der Waals surface area contributed by atoms with Crippen molar-refractivity contribution in [3.63, 3.8) is 0 Å². The van der Waals surface area contributed by atoms with Crippen molar-refractivity contribution < 1.29 is 4.79 Å². The number of hydrogen-bond donors (Lipinski definition) is 0. The molecular formula is C20H37N3O. The Balaban J connectivity index is 0.00000139. The molecule has 4 heteroatoms. The zero-order chi connectivity index (χ0) is 17.9. The summed E-state index contributed by atoms with van der Waals surface area (Å²) in [4.78, 5) is 13.8. The van der Waals surface area contributed by atoms with Gasteiger partial charge in [-0.15, -0.1) is 0 Å². The smallest absolute Gasteiger partial charge is 0.132 e. The van der Waals surface area contributed by atoms with Crippen molar-refractivity contribution in [1.29, 1.82) is 0 Å². The number of Topliss-reactive ketones (excluding diaryl/α,β-unsaturated/α-hetero) is 1. The van der Waals surface area contributed by atoms with Gasteiger partial charge < -0.3 is 4.90 Å². The number of unbranched alkanes of at least 4 members (excludes halogenated alkanes) is 1. The molecule has 0 saturated carbocycles. The molecule has 0 aliphatic carbocycles. The van der Waals surface area contributed by atoms with E-state index >= 15 is 0 Å². The largest absolute Gasteiger partial charge is 0.303 e. The van der Waals surface area contributed by atoms with E-state index < -0.39 is 0 Å². The molecule has 0 spiro atoms. The predicted octanol–water partition coefficient (Wildman–Crippen LogP) is 4.82. The summed E-state index contributed by atoms with van der Waals surface area (Å²) in [6.45, 7) is 13.8. The van der Waals surface area contributed by atoms with E-state index in [1.54, 1.807) is 0 Å². The lowest BCUT2D eigenvalue weighted by Gasteiger charge is -2.32. The van der Waals surface area contributed by atoms with E-state index in [-0.39, 0.29) is 0 Å². The van der Waals surface area contributed by atoms with Gasteiger partial charge in [-0.3, -0.25) is 9.48 Å². The molecule has 0 N–H and O–H groups in total. The lowest BCUT2D eigenvalue weighted by Crippen LogP contribution is -2.35. The van der Waals surface area contributed by atoms with Gasteiger partial charge in [0, 0.05) is 32.1 Å². The Labute approximate surface area is 148 Å². The summed E-state index contributed by atoms with van der Waals surface area (Å²) < 4.78 is 2.17. The summed E-state index contributed by atoms with van der Waals surface area (Å²) in [5, 5.41) is 4.55. The first kappa shape index (κ1) is 20.9. The van der Waals surface area contributed by atoms with Gasteiger partial charge in [0.05, 0.1) is 12.2 Å². The molecule has 0 atom stereocenters. The van der Waals surface area contributed by atoms with Crippen molar-refractivity contribution in [2.24, 2.45) is 0 Å². The molecule has 1 aliphatic heterocycles. The number of carbonyl (C=O) groups is 1. The summed E-state index contributed by atoms with van der Waals surface area (Å²) in [5.74, 6) is 0.956. The average Bonchev–Trinajstić information content (AvgIpc) is 3.11. The predicted molar refractivity (Wildman–Crippen MR) is 102 cm³/mol. The number of carbonyl (C=O) groups excluding carboxylic acids is 1. The van der Waals surface area contributed by atoms with E-state index in [0.717, 1.165) is 38.9 Å². The Morgan fingerprint density at radius 1 is 1.25 bits per heavy atom. The average molecular weight is 336 g/mol. The Bertz CT molecular complexity index is 459. The first-order chi connectivity index (χ1) is 11.6. The van der Waals surface area contributed by atoms with Gasteiger partial charge in [0.2, 0.25) is 0 Å². The minimum Gasteiger partial charge on any atom is -0.303 e. The molecular weight excluding hydrogens is 298 g/mol. The maximum atomic E-state index is 11.3. The van der Waals surface area contributed by atoms with Crippen LogP contribution in [0.15, 0.2) is 12.4 Å². The number of rotatable bonds is 8. The van der Waals surface area contributed by atoms with Crippen LogP contribution in [-0.2, 0) is 4.79 Å². The Morgan fingerprint density at radius 2 is 1.92 bits per heavy atom. The molecule has 138 valence electrons. The van der Waals surface area contributed by atoms with Gasteiger partial charge in [-0.1, -0.05) is 34.6 Å². The van der Waals surface area contributed by atoms with E-state index in [0.29, 0.717) is 24.2 Å². The van der Waals surface area contributed by atoms with Crippen LogP contribution in [0.4, 0.5) is 0 Å². The molecule has 0 amide bonds. The number of aromatic nitrogens is 2. The second-order valence-corrected chi connectivity index (χ2v) is 6.83. The highest BCUT2D eigenvalue weighted by molar-refractivity contribution is 5.77. The number of nitrogens with zero attached hydrogens (tertiary/aromatic N) is 3. The Kier molecular flexibility index (Phi) is 9.92. The first-order valence-corrected chi connectivity index (χ1v) is 9.88. The fourth-order valence-electron chi connectivity index (χ4n) is 3.09. The molecule has 1 saturated heterocycles. The highest BCUT2D eigenvalue weighted by Gasteiger charge is 2.21. The van der Waals surface area contributed by atoms with E-state index in [1.165, 1.54) is 18.4 Å². The summed E-state index contributed by atoms with van der Waals surface area (Å²) in [6, 6.07) is 0.561. The van der Waals surface area contributed by atoms with Crippen molar-refractivity contribution in [3.8, 4) is 0 Å². The summed E-state index contributed by atoms with van der Waals surface area (Å²) in [7, 11) is 0.